The van der Waals surface area contributed by atoms with Crippen molar-refractivity contribution in [1.82, 2.24) is 9.97 Å². The zero-order valence-corrected chi connectivity index (χ0v) is 11.4. The molecule has 0 aliphatic carbocycles. The highest BCUT2D eigenvalue weighted by Gasteiger charge is 2.20. The standard InChI is InChI=1S/C12H10ClFN4S/c13-7-1-6(2-8(14)3-7)11-16-10-5-19-4-9(10)12(17-11)18-15/h1-3H,4-5,15H2,(H,16,17,18). The Morgan fingerprint density at radius 1 is 1.26 bits per heavy atom. The molecular weight excluding hydrogens is 287 g/mol. The molecule has 1 aliphatic rings. The number of fused-ring (bicyclic) bond motifs is 1. The Morgan fingerprint density at radius 3 is 2.84 bits per heavy atom. The van der Waals surface area contributed by atoms with Crippen LogP contribution in [0.15, 0.2) is 18.2 Å². The third kappa shape index (κ3) is 2.39. The van der Waals surface area contributed by atoms with Crippen LogP contribution in [-0.2, 0) is 11.5 Å². The van der Waals surface area contributed by atoms with Crippen LogP contribution in [0, 0.1) is 5.82 Å². The molecule has 0 radical (unpaired) electrons. The van der Waals surface area contributed by atoms with E-state index in [2.05, 4.69) is 15.4 Å². The van der Waals surface area contributed by atoms with Crippen LogP contribution in [0.2, 0.25) is 5.02 Å². The van der Waals surface area contributed by atoms with Crippen molar-refractivity contribution >= 4 is 29.2 Å². The second kappa shape index (κ2) is 4.96. The molecule has 3 rings (SSSR count). The van der Waals surface area contributed by atoms with Gasteiger partial charge in [0.2, 0.25) is 0 Å². The maximum Gasteiger partial charge on any atom is 0.162 e. The Morgan fingerprint density at radius 2 is 2.11 bits per heavy atom. The molecule has 2 aromatic rings. The minimum Gasteiger partial charge on any atom is -0.308 e. The number of rotatable bonds is 2. The highest BCUT2D eigenvalue weighted by molar-refractivity contribution is 7.98. The lowest BCUT2D eigenvalue weighted by Gasteiger charge is -2.09. The lowest BCUT2D eigenvalue weighted by Crippen LogP contribution is -2.12. The first-order valence-electron chi connectivity index (χ1n) is 5.58. The predicted molar refractivity (Wildman–Crippen MR) is 75.2 cm³/mol. The number of nitrogen functional groups attached to an aromatic ring is 1. The van der Waals surface area contributed by atoms with E-state index in [1.54, 1.807) is 17.8 Å². The number of hydrogen-bond acceptors (Lipinski definition) is 5. The number of hydrogen-bond donors (Lipinski definition) is 2. The van der Waals surface area contributed by atoms with Gasteiger partial charge >= 0.3 is 0 Å². The fourth-order valence-corrected chi connectivity index (χ4v) is 3.25. The molecule has 19 heavy (non-hydrogen) atoms. The van der Waals surface area contributed by atoms with Crippen molar-refractivity contribution in [3.8, 4) is 11.4 Å². The molecule has 0 spiro atoms. The van der Waals surface area contributed by atoms with Gasteiger partial charge in [0.1, 0.15) is 11.6 Å². The van der Waals surface area contributed by atoms with Crippen LogP contribution in [0.25, 0.3) is 11.4 Å². The number of thioether (sulfide) groups is 1. The van der Waals surface area contributed by atoms with Gasteiger partial charge in [-0.15, -0.1) is 0 Å². The normalized spacial score (nSPS) is 13.4. The monoisotopic (exact) mass is 296 g/mol. The van der Waals surface area contributed by atoms with Crippen molar-refractivity contribution in [2.24, 2.45) is 5.84 Å². The van der Waals surface area contributed by atoms with Gasteiger partial charge in [0.25, 0.3) is 0 Å². The number of anilines is 1. The minimum absolute atomic E-state index is 0.315. The minimum atomic E-state index is -0.414. The molecule has 0 atom stereocenters. The molecule has 0 unspecified atom stereocenters. The van der Waals surface area contributed by atoms with Gasteiger partial charge in [0.05, 0.1) is 5.69 Å². The molecule has 1 aromatic carbocycles. The van der Waals surface area contributed by atoms with E-state index in [9.17, 15) is 4.39 Å². The van der Waals surface area contributed by atoms with E-state index in [1.807, 2.05) is 0 Å². The number of nitrogens with zero attached hydrogens (tertiary/aromatic N) is 2. The SMILES string of the molecule is NNc1nc(-c2cc(F)cc(Cl)c2)nc2c1CSC2. The van der Waals surface area contributed by atoms with E-state index in [0.29, 0.717) is 22.2 Å². The van der Waals surface area contributed by atoms with Crippen LogP contribution in [0.1, 0.15) is 11.3 Å². The summed E-state index contributed by atoms with van der Waals surface area (Å²) in [6.45, 7) is 0. The smallest absolute Gasteiger partial charge is 0.162 e. The van der Waals surface area contributed by atoms with Gasteiger partial charge in [0, 0.05) is 27.7 Å². The van der Waals surface area contributed by atoms with E-state index < -0.39 is 5.82 Å². The molecule has 7 heteroatoms. The summed E-state index contributed by atoms with van der Waals surface area (Å²) in [6, 6.07) is 4.24. The molecule has 0 fully saturated rings. The maximum absolute atomic E-state index is 13.4. The average Bonchev–Trinajstić information content (AvgIpc) is 2.84. The quantitative estimate of drug-likeness (QED) is 0.659. The van der Waals surface area contributed by atoms with E-state index in [1.165, 1.54) is 12.1 Å². The molecule has 0 saturated carbocycles. The second-order valence-corrected chi connectivity index (χ2v) is 5.54. The number of nitrogens with one attached hydrogen (secondary N) is 1. The van der Waals surface area contributed by atoms with Gasteiger partial charge in [-0.2, -0.15) is 11.8 Å². The summed E-state index contributed by atoms with van der Waals surface area (Å²) in [4.78, 5) is 8.79. The van der Waals surface area contributed by atoms with Crippen LogP contribution in [0.4, 0.5) is 10.2 Å². The number of hydrazine groups is 1. The fourth-order valence-electron chi connectivity index (χ4n) is 1.98. The fraction of sp³-hybridized carbons (Fsp3) is 0.167. The molecule has 0 amide bonds. The van der Waals surface area contributed by atoms with Crippen molar-refractivity contribution in [3.05, 3.63) is 40.3 Å². The van der Waals surface area contributed by atoms with Gasteiger partial charge in [0.15, 0.2) is 5.82 Å². The van der Waals surface area contributed by atoms with Gasteiger partial charge < -0.3 is 5.43 Å². The topological polar surface area (TPSA) is 63.8 Å². The lowest BCUT2D eigenvalue weighted by molar-refractivity contribution is 0.628. The van der Waals surface area contributed by atoms with Gasteiger partial charge in [-0.05, 0) is 18.2 Å². The molecule has 1 aliphatic heterocycles. The molecule has 4 nitrogen and oxygen atoms in total. The van der Waals surface area contributed by atoms with Crippen LogP contribution >= 0.6 is 23.4 Å². The van der Waals surface area contributed by atoms with Crippen LogP contribution < -0.4 is 11.3 Å². The predicted octanol–water partition coefficient (Wildman–Crippen LogP) is 2.97. The highest BCUT2D eigenvalue weighted by atomic mass is 35.5. The summed E-state index contributed by atoms with van der Waals surface area (Å²) >= 11 is 7.60. The summed E-state index contributed by atoms with van der Waals surface area (Å²) in [6.07, 6.45) is 0. The number of benzene rings is 1. The maximum atomic E-state index is 13.4. The Bertz CT molecular complexity index is 630. The van der Waals surface area contributed by atoms with E-state index in [0.717, 1.165) is 22.8 Å². The van der Waals surface area contributed by atoms with Crippen molar-refractivity contribution in [3.63, 3.8) is 0 Å². The van der Waals surface area contributed by atoms with Crippen molar-refractivity contribution in [1.29, 1.82) is 0 Å². The van der Waals surface area contributed by atoms with Gasteiger partial charge in [-0.1, -0.05) is 11.6 Å². The molecule has 3 N–H and O–H groups in total. The average molecular weight is 297 g/mol. The van der Waals surface area contributed by atoms with Gasteiger partial charge in [-0.25, -0.2) is 20.2 Å². The highest BCUT2D eigenvalue weighted by Crippen LogP contribution is 2.34. The molecule has 2 heterocycles. The Labute approximate surface area is 118 Å². The van der Waals surface area contributed by atoms with Crippen molar-refractivity contribution in [2.45, 2.75) is 11.5 Å². The first-order chi connectivity index (χ1) is 9.17. The third-order valence-corrected chi connectivity index (χ3v) is 4.02. The number of halogens is 2. The zero-order chi connectivity index (χ0) is 13.4. The number of aromatic nitrogens is 2. The first kappa shape index (κ1) is 12.7. The summed E-state index contributed by atoms with van der Waals surface area (Å²) in [5.41, 5.74) is 5.06. The molecule has 1 aromatic heterocycles. The molecule has 0 bridgehead atoms. The van der Waals surface area contributed by atoms with E-state index in [4.69, 9.17) is 17.4 Å². The molecular formula is C12H10ClFN4S. The molecule has 98 valence electrons. The largest absolute Gasteiger partial charge is 0.308 e. The van der Waals surface area contributed by atoms with Crippen LogP contribution in [0.5, 0.6) is 0 Å². The van der Waals surface area contributed by atoms with Gasteiger partial charge in [-0.3, -0.25) is 0 Å². The summed E-state index contributed by atoms with van der Waals surface area (Å²) in [7, 11) is 0. The Balaban J connectivity index is 2.15. The molecule has 0 saturated heterocycles. The Hall–Kier alpha value is -1.37. The van der Waals surface area contributed by atoms with Crippen LogP contribution in [-0.4, -0.2) is 9.97 Å². The lowest BCUT2D eigenvalue weighted by atomic mass is 10.2. The zero-order valence-electron chi connectivity index (χ0n) is 9.78. The second-order valence-electron chi connectivity index (χ2n) is 4.12. The summed E-state index contributed by atoms with van der Waals surface area (Å²) in [5.74, 6) is 7.72. The van der Waals surface area contributed by atoms with E-state index >= 15 is 0 Å². The van der Waals surface area contributed by atoms with Crippen LogP contribution in [0.3, 0.4) is 0 Å². The summed E-state index contributed by atoms with van der Waals surface area (Å²) in [5, 5.41) is 0.315. The Kier molecular flexibility index (Phi) is 3.30. The van der Waals surface area contributed by atoms with E-state index in [-0.39, 0.29) is 0 Å². The number of nitrogens with two attached hydrogens (primary N) is 1. The summed E-state index contributed by atoms with van der Waals surface area (Å²) < 4.78 is 13.4. The first-order valence-corrected chi connectivity index (χ1v) is 7.11. The third-order valence-electron chi connectivity index (χ3n) is 2.84. The van der Waals surface area contributed by atoms with Crippen molar-refractivity contribution in [2.75, 3.05) is 5.43 Å². The van der Waals surface area contributed by atoms with Crippen molar-refractivity contribution < 1.29 is 4.39 Å².